The Morgan fingerprint density at radius 3 is 2.35 bits per heavy atom. The number of azo groups is 1. The van der Waals surface area contributed by atoms with Crippen LogP contribution in [0.25, 0.3) is 0 Å². The Kier molecular flexibility index (Phi) is 9.43. The second-order valence-electron chi connectivity index (χ2n) is 8.14. The van der Waals surface area contributed by atoms with Crippen molar-refractivity contribution in [3.05, 3.63) is 47.0 Å². The molecule has 0 saturated heterocycles. The van der Waals surface area contributed by atoms with Gasteiger partial charge in [0.1, 0.15) is 17.4 Å². The minimum Gasteiger partial charge on any atom is -0.383 e. The van der Waals surface area contributed by atoms with E-state index in [2.05, 4.69) is 20.4 Å². The summed E-state index contributed by atoms with van der Waals surface area (Å²) in [7, 11) is 1.63. The number of carbonyl (C=O) groups excluding carboxylic acids is 3. The lowest BCUT2D eigenvalue weighted by Crippen LogP contribution is -2.31. The standard InChI is InChI=1S/C26H30N6O5/c1-5-32-25(34)20-13-18(16-27)23(15-21(20)26(32)35)30-29-22-8-7-19(14-24(22)28-17(3)33)31(9-11-36-4)10-12-37-6-2/h7-8,13-15H,5-6,9-12H2,1-4H3,(H,28,33). The molecule has 11 nitrogen and oxygen atoms in total. The first kappa shape index (κ1) is 27.4. The van der Waals surface area contributed by atoms with Gasteiger partial charge in [0.2, 0.25) is 5.91 Å². The number of hydrogen-bond acceptors (Lipinski definition) is 9. The van der Waals surface area contributed by atoms with Crippen LogP contribution in [0.3, 0.4) is 0 Å². The van der Waals surface area contributed by atoms with E-state index in [0.29, 0.717) is 44.3 Å². The molecular formula is C26H30N6O5. The number of rotatable bonds is 12. The first-order valence-electron chi connectivity index (χ1n) is 11.9. The van der Waals surface area contributed by atoms with E-state index in [9.17, 15) is 19.6 Å². The fraction of sp³-hybridized carbons (Fsp3) is 0.385. The lowest BCUT2D eigenvalue weighted by Gasteiger charge is -2.25. The molecule has 2 aromatic carbocycles. The number of fused-ring (bicyclic) bond motifs is 1. The van der Waals surface area contributed by atoms with Crippen LogP contribution < -0.4 is 10.2 Å². The molecule has 0 atom stereocenters. The third-order valence-electron chi connectivity index (χ3n) is 5.72. The fourth-order valence-electron chi connectivity index (χ4n) is 3.88. The zero-order chi connectivity index (χ0) is 26.9. The number of methoxy groups -OCH3 is 1. The molecule has 1 aliphatic heterocycles. The number of nitrogens with zero attached hydrogens (tertiary/aromatic N) is 5. The van der Waals surface area contributed by atoms with Gasteiger partial charge in [-0.2, -0.15) is 5.26 Å². The van der Waals surface area contributed by atoms with E-state index in [0.717, 1.165) is 10.6 Å². The summed E-state index contributed by atoms with van der Waals surface area (Å²) in [5.41, 5.74) is 2.23. The summed E-state index contributed by atoms with van der Waals surface area (Å²) in [5, 5.41) is 20.9. The number of nitrogens with one attached hydrogen (secondary N) is 1. The van der Waals surface area contributed by atoms with Gasteiger partial charge in [0, 0.05) is 46.0 Å². The summed E-state index contributed by atoms with van der Waals surface area (Å²) in [6, 6.07) is 10.1. The van der Waals surface area contributed by atoms with Crippen molar-refractivity contribution in [1.29, 1.82) is 5.26 Å². The van der Waals surface area contributed by atoms with Crippen molar-refractivity contribution in [2.45, 2.75) is 20.8 Å². The van der Waals surface area contributed by atoms with Gasteiger partial charge in [-0.1, -0.05) is 0 Å². The Labute approximate surface area is 215 Å². The van der Waals surface area contributed by atoms with Crippen LogP contribution in [0.1, 0.15) is 47.1 Å². The second-order valence-corrected chi connectivity index (χ2v) is 8.14. The van der Waals surface area contributed by atoms with E-state index < -0.39 is 11.8 Å². The summed E-state index contributed by atoms with van der Waals surface area (Å²) < 4.78 is 10.7. The van der Waals surface area contributed by atoms with Crippen molar-refractivity contribution in [3.8, 4) is 6.07 Å². The van der Waals surface area contributed by atoms with Crippen molar-refractivity contribution in [3.63, 3.8) is 0 Å². The van der Waals surface area contributed by atoms with Crippen LogP contribution in [0.5, 0.6) is 0 Å². The maximum atomic E-state index is 12.6. The van der Waals surface area contributed by atoms with Crippen LogP contribution in [-0.4, -0.2) is 69.2 Å². The number of amides is 3. The highest BCUT2D eigenvalue weighted by Crippen LogP contribution is 2.34. The Morgan fingerprint density at radius 2 is 1.73 bits per heavy atom. The molecule has 0 aliphatic carbocycles. The predicted molar refractivity (Wildman–Crippen MR) is 138 cm³/mol. The molecule has 1 heterocycles. The molecule has 3 amide bonds. The summed E-state index contributed by atoms with van der Waals surface area (Å²) in [4.78, 5) is 40.1. The lowest BCUT2D eigenvalue weighted by molar-refractivity contribution is -0.114. The van der Waals surface area contributed by atoms with Crippen molar-refractivity contribution < 1.29 is 23.9 Å². The lowest BCUT2D eigenvalue weighted by atomic mass is 10.0. The van der Waals surface area contributed by atoms with Crippen LogP contribution in [-0.2, 0) is 14.3 Å². The molecule has 3 rings (SSSR count). The van der Waals surface area contributed by atoms with Gasteiger partial charge in [-0.05, 0) is 44.2 Å². The predicted octanol–water partition coefficient (Wildman–Crippen LogP) is 4.04. The zero-order valence-corrected chi connectivity index (χ0v) is 21.4. The van der Waals surface area contributed by atoms with E-state index in [1.165, 1.54) is 19.1 Å². The SMILES string of the molecule is CCOCCN(CCOC)c1ccc(N=Nc2cc3c(cc2C#N)C(=O)N(CC)C3=O)c(NC(C)=O)c1. The van der Waals surface area contributed by atoms with Gasteiger partial charge in [-0.3, -0.25) is 19.3 Å². The second kappa shape index (κ2) is 12.7. The quantitative estimate of drug-likeness (QED) is 0.261. The van der Waals surface area contributed by atoms with Crippen molar-refractivity contribution >= 4 is 40.5 Å². The monoisotopic (exact) mass is 506 g/mol. The minimum absolute atomic E-state index is 0.112. The molecule has 11 heteroatoms. The third kappa shape index (κ3) is 6.35. The number of hydrogen-bond donors (Lipinski definition) is 1. The van der Waals surface area contributed by atoms with E-state index in [1.54, 1.807) is 26.2 Å². The Bertz CT molecular complexity index is 1250. The van der Waals surface area contributed by atoms with Crippen LogP contribution in [0.2, 0.25) is 0 Å². The van der Waals surface area contributed by atoms with Gasteiger partial charge in [-0.25, -0.2) is 0 Å². The molecule has 0 radical (unpaired) electrons. The summed E-state index contributed by atoms with van der Waals surface area (Å²) >= 11 is 0. The van der Waals surface area contributed by atoms with E-state index in [4.69, 9.17) is 9.47 Å². The molecule has 37 heavy (non-hydrogen) atoms. The maximum Gasteiger partial charge on any atom is 0.261 e. The number of nitriles is 1. The minimum atomic E-state index is -0.437. The van der Waals surface area contributed by atoms with Gasteiger partial charge in [-0.15, -0.1) is 10.2 Å². The first-order chi connectivity index (χ1) is 17.8. The topological polar surface area (TPSA) is 137 Å². The van der Waals surface area contributed by atoms with E-state index in [-0.39, 0.29) is 34.8 Å². The number of anilines is 2. The maximum absolute atomic E-state index is 12.6. The Hall–Kier alpha value is -4.14. The smallest absolute Gasteiger partial charge is 0.261 e. The summed E-state index contributed by atoms with van der Waals surface area (Å²) in [6.45, 7) is 8.14. The van der Waals surface area contributed by atoms with E-state index in [1.807, 2.05) is 19.1 Å². The summed E-state index contributed by atoms with van der Waals surface area (Å²) in [6.07, 6.45) is 0. The Morgan fingerprint density at radius 1 is 1.05 bits per heavy atom. The molecule has 0 saturated carbocycles. The average molecular weight is 507 g/mol. The fourth-order valence-corrected chi connectivity index (χ4v) is 3.88. The molecular weight excluding hydrogens is 476 g/mol. The molecule has 0 fully saturated rings. The van der Waals surface area contributed by atoms with Crippen LogP contribution >= 0.6 is 0 Å². The first-order valence-corrected chi connectivity index (χ1v) is 11.9. The summed E-state index contributed by atoms with van der Waals surface area (Å²) in [5.74, 6) is -1.16. The molecule has 1 N–H and O–H groups in total. The third-order valence-corrected chi connectivity index (χ3v) is 5.72. The molecule has 1 aliphatic rings. The van der Waals surface area contributed by atoms with Crippen molar-refractivity contribution in [1.82, 2.24) is 4.90 Å². The molecule has 0 spiro atoms. The molecule has 2 aromatic rings. The highest BCUT2D eigenvalue weighted by atomic mass is 16.5. The van der Waals surface area contributed by atoms with Crippen molar-refractivity contribution in [2.24, 2.45) is 10.2 Å². The zero-order valence-electron chi connectivity index (χ0n) is 21.4. The highest BCUT2D eigenvalue weighted by molar-refractivity contribution is 6.21. The van der Waals surface area contributed by atoms with Gasteiger partial charge in [0.25, 0.3) is 11.8 Å². The number of benzene rings is 2. The molecule has 0 aromatic heterocycles. The van der Waals surface area contributed by atoms with Gasteiger partial charge < -0.3 is 19.7 Å². The number of ether oxygens (including phenoxy) is 2. The van der Waals surface area contributed by atoms with Crippen LogP contribution in [0.4, 0.5) is 22.7 Å². The number of imide groups is 1. The molecule has 194 valence electrons. The largest absolute Gasteiger partial charge is 0.383 e. The number of carbonyl (C=O) groups is 3. The van der Waals surface area contributed by atoms with Gasteiger partial charge >= 0.3 is 0 Å². The normalized spacial score (nSPS) is 12.7. The molecule has 0 unspecified atom stereocenters. The van der Waals surface area contributed by atoms with Crippen LogP contribution in [0.15, 0.2) is 40.6 Å². The average Bonchev–Trinajstić information content (AvgIpc) is 3.12. The van der Waals surface area contributed by atoms with Crippen molar-refractivity contribution in [2.75, 3.05) is 56.8 Å². The van der Waals surface area contributed by atoms with Gasteiger partial charge in [0.15, 0.2) is 0 Å². The Balaban J connectivity index is 1.97. The molecule has 0 bridgehead atoms. The van der Waals surface area contributed by atoms with Crippen LogP contribution in [0, 0.1) is 11.3 Å². The highest BCUT2D eigenvalue weighted by Gasteiger charge is 2.35. The van der Waals surface area contributed by atoms with Gasteiger partial charge in [0.05, 0.1) is 35.6 Å². The van der Waals surface area contributed by atoms with E-state index >= 15 is 0 Å².